The number of amides is 1. The highest BCUT2D eigenvalue weighted by Gasteiger charge is 2.13. The molecule has 0 spiro atoms. The molecule has 0 saturated heterocycles. The van der Waals surface area contributed by atoms with Crippen molar-refractivity contribution in [2.75, 3.05) is 19.9 Å². The Morgan fingerprint density at radius 2 is 2.04 bits per heavy atom. The number of carbonyl (C=O) groups is 1. The van der Waals surface area contributed by atoms with E-state index in [1.54, 1.807) is 18.2 Å². The van der Waals surface area contributed by atoms with Crippen molar-refractivity contribution in [1.82, 2.24) is 9.88 Å². The maximum absolute atomic E-state index is 12.2. The first-order chi connectivity index (χ1) is 13.7. The minimum Gasteiger partial charge on any atom is -0.481 e. The standard InChI is InChI=1S/C22H20N2O4/c1-24-14-16(18-6-2-3-7-19(18)24)12-22(25)23-10-4-5-11-26-17-8-9-20-21(13-17)28-15-27-20/h2-3,6-9,13-14H,10-12,15H2,1H3,(H,23,25). The molecular formula is C22H20N2O4. The zero-order valence-electron chi connectivity index (χ0n) is 15.5. The molecule has 0 aliphatic carbocycles. The van der Waals surface area contributed by atoms with Gasteiger partial charge in [0.15, 0.2) is 11.5 Å². The molecule has 1 aromatic heterocycles. The van der Waals surface area contributed by atoms with Crippen LogP contribution < -0.4 is 19.5 Å². The van der Waals surface area contributed by atoms with E-state index < -0.39 is 0 Å². The lowest BCUT2D eigenvalue weighted by Gasteiger charge is -2.03. The predicted octanol–water partition coefficient (Wildman–Crippen LogP) is 2.65. The Balaban J connectivity index is 1.23. The Kier molecular flexibility index (Phi) is 5.07. The third-order valence-electron chi connectivity index (χ3n) is 4.48. The molecule has 0 bridgehead atoms. The van der Waals surface area contributed by atoms with Gasteiger partial charge in [-0.15, -0.1) is 0 Å². The normalized spacial score (nSPS) is 11.8. The first kappa shape index (κ1) is 17.8. The van der Waals surface area contributed by atoms with Crippen molar-refractivity contribution in [3.05, 3.63) is 54.2 Å². The third-order valence-corrected chi connectivity index (χ3v) is 4.48. The summed E-state index contributed by atoms with van der Waals surface area (Å²) >= 11 is 0. The molecule has 142 valence electrons. The largest absolute Gasteiger partial charge is 0.481 e. The summed E-state index contributed by atoms with van der Waals surface area (Å²) in [5.74, 6) is 7.79. The number of fused-ring (bicyclic) bond motifs is 2. The molecule has 6 nitrogen and oxygen atoms in total. The van der Waals surface area contributed by atoms with Crippen molar-refractivity contribution in [3.63, 3.8) is 0 Å². The van der Waals surface area contributed by atoms with Crippen molar-refractivity contribution >= 4 is 16.8 Å². The molecule has 6 heteroatoms. The van der Waals surface area contributed by atoms with E-state index in [0.29, 0.717) is 23.7 Å². The van der Waals surface area contributed by atoms with Crippen molar-refractivity contribution in [2.45, 2.75) is 6.42 Å². The molecule has 0 radical (unpaired) electrons. The number of para-hydroxylation sites is 1. The molecule has 2 aromatic carbocycles. The van der Waals surface area contributed by atoms with E-state index >= 15 is 0 Å². The summed E-state index contributed by atoms with van der Waals surface area (Å²) in [5, 5.41) is 3.92. The van der Waals surface area contributed by atoms with Crippen molar-refractivity contribution in [1.29, 1.82) is 0 Å². The molecule has 1 aliphatic rings. The molecule has 0 fully saturated rings. The first-order valence-electron chi connectivity index (χ1n) is 8.98. The molecule has 1 amide bonds. The van der Waals surface area contributed by atoms with Gasteiger partial charge in [-0.2, -0.15) is 0 Å². The minimum atomic E-state index is -0.0534. The van der Waals surface area contributed by atoms with Crippen molar-refractivity contribution in [2.24, 2.45) is 7.05 Å². The highest BCUT2D eigenvalue weighted by Crippen LogP contribution is 2.34. The number of nitrogens with one attached hydrogen (secondary N) is 1. The van der Waals surface area contributed by atoms with Gasteiger partial charge in [-0.25, -0.2) is 0 Å². The number of benzene rings is 2. The van der Waals surface area contributed by atoms with Gasteiger partial charge in [0.25, 0.3) is 0 Å². The highest BCUT2D eigenvalue weighted by molar-refractivity contribution is 5.89. The van der Waals surface area contributed by atoms with E-state index in [1.165, 1.54) is 0 Å². The van der Waals surface area contributed by atoms with Gasteiger partial charge in [-0.1, -0.05) is 30.0 Å². The summed E-state index contributed by atoms with van der Waals surface area (Å²) in [6.45, 7) is 0.754. The van der Waals surface area contributed by atoms with Crippen LogP contribution in [0.3, 0.4) is 0 Å². The number of aryl methyl sites for hydroxylation is 1. The maximum Gasteiger partial charge on any atom is 0.231 e. The molecule has 0 unspecified atom stereocenters. The maximum atomic E-state index is 12.2. The molecule has 2 heterocycles. The summed E-state index contributed by atoms with van der Waals surface area (Å²) in [4.78, 5) is 12.2. The van der Waals surface area contributed by atoms with Crippen LogP contribution in [0.4, 0.5) is 0 Å². The van der Waals surface area contributed by atoms with Gasteiger partial charge in [0.05, 0.1) is 13.0 Å². The van der Waals surface area contributed by atoms with Crippen LogP contribution in [0.1, 0.15) is 5.56 Å². The molecule has 0 atom stereocenters. The number of carbonyl (C=O) groups excluding carboxylic acids is 1. The van der Waals surface area contributed by atoms with Crippen molar-refractivity contribution < 1.29 is 19.0 Å². The summed E-state index contributed by atoms with van der Waals surface area (Å²) in [6.07, 6.45) is 2.33. The Morgan fingerprint density at radius 3 is 2.96 bits per heavy atom. The molecule has 4 rings (SSSR count). The van der Waals surface area contributed by atoms with Crippen LogP contribution in [-0.2, 0) is 18.3 Å². The van der Waals surface area contributed by atoms with E-state index in [2.05, 4.69) is 17.2 Å². The summed E-state index contributed by atoms with van der Waals surface area (Å²) in [6, 6.07) is 13.4. The van der Waals surface area contributed by atoms with Gasteiger partial charge in [-0.3, -0.25) is 4.79 Å². The fraction of sp³-hybridized carbons (Fsp3) is 0.227. The van der Waals surface area contributed by atoms with Gasteiger partial charge in [0, 0.05) is 30.2 Å². The quantitative estimate of drug-likeness (QED) is 0.696. The van der Waals surface area contributed by atoms with Crippen LogP contribution in [0.2, 0.25) is 0 Å². The van der Waals surface area contributed by atoms with Gasteiger partial charge in [-0.05, 0) is 23.8 Å². The predicted molar refractivity (Wildman–Crippen MR) is 105 cm³/mol. The molecule has 3 aromatic rings. The van der Waals surface area contributed by atoms with Crippen LogP contribution in [0.15, 0.2) is 48.7 Å². The van der Waals surface area contributed by atoms with E-state index in [1.807, 2.05) is 42.1 Å². The second-order valence-corrected chi connectivity index (χ2v) is 6.39. The Bertz CT molecular complexity index is 1080. The Morgan fingerprint density at radius 1 is 1.18 bits per heavy atom. The monoisotopic (exact) mass is 376 g/mol. The molecule has 1 N–H and O–H groups in total. The van der Waals surface area contributed by atoms with Gasteiger partial charge in [0.2, 0.25) is 12.7 Å². The van der Waals surface area contributed by atoms with E-state index in [4.69, 9.17) is 14.2 Å². The SMILES string of the molecule is Cn1cc(CC(=O)NCC#CCOc2ccc3c(c2)OCO3)c2ccccc21. The van der Waals surface area contributed by atoms with Gasteiger partial charge in [0.1, 0.15) is 12.4 Å². The number of ether oxygens (including phenoxy) is 3. The van der Waals surface area contributed by atoms with Crippen LogP contribution in [-0.4, -0.2) is 30.4 Å². The lowest BCUT2D eigenvalue weighted by molar-refractivity contribution is -0.120. The summed E-state index contributed by atoms with van der Waals surface area (Å²) in [5.41, 5.74) is 2.13. The highest BCUT2D eigenvalue weighted by atomic mass is 16.7. The van der Waals surface area contributed by atoms with Gasteiger partial charge < -0.3 is 24.1 Å². The van der Waals surface area contributed by atoms with E-state index in [0.717, 1.165) is 16.5 Å². The lowest BCUT2D eigenvalue weighted by atomic mass is 10.1. The van der Waals surface area contributed by atoms with E-state index in [9.17, 15) is 4.79 Å². The molecule has 1 aliphatic heterocycles. The summed E-state index contributed by atoms with van der Waals surface area (Å²) < 4.78 is 18.1. The second-order valence-electron chi connectivity index (χ2n) is 6.39. The Labute approximate surface area is 163 Å². The van der Waals surface area contributed by atoms with Gasteiger partial charge >= 0.3 is 0 Å². The average molecular weight is 376 g/mol. The topological polar surface area (TPSA) is 61.7 Å². The number of hydrogen-bond donors (Lipinski definition) is 1. The van der Waals surface area contributed by atoms with Crippen LogP contribution >= 0.6 is 0 Å². The fourth-order valence-corrected chi connectivity index (χ4v) is 3.14. The number of aromatic nitrogens is 1. The zero-order chi connectivity index (χ0) is 19.3. The molecule has 28 heavy (non-hydrogen) atoms. The number of hydrogen-bond acceptors (Lipinski definition) is 4. The molecular weight excluding hydrogens is 356 g/mol. The minimum absolute atomic E-state index is 0.0534. The van der Waals surface area contributed by atoms with Crippen LogP contribution in [0.5, 0.6) is 17.2 Å². The third kappa shape index (κ3) is 3.89. The van der Waals surface area contributed by atoms with Crippen molar-refractivity contribution in [3.8, 4) is 29.1 Å². The first-order valence-corrected chi connectivity index (χ1v) is 8.98. The smallest absolute Gasteiger partial charge is 0.231 e. The second kappa shape index (κ2) is 7.97. The van der Waals surface area contributed by atoms with Crippen LogP contribution in [0, 0.1) is 11.8 Å². The fourth-order valence-electron chi connectivity index (χ4n) is 3.14. The molecule has 0 saturated carbocycles. The average Bonchev–Trinajstić information content (AvgIpc) is 3.29. The number of rotatable bonds is 5. The summed E-state index contributed by atoms with van der Waals surface area (Å²) in [7, 11) is 1.98. The number of nitrogens with zero attached hydrogens (tertiary/aromatic N) is 1. The van der Waals surface area contributed by atoms with E-state index in [-0.39, 0.29) is 25.9 Å². The Hall–Kier alpha value is -3.59. The lowest BCUT2D eigenvalue weighted by Crippen LogP contribution is -2.25. The van der Waals surface area contributed by atoms with Crippen LogP contribution in [0.25, 0.3) is 10.9 Å². The zero-order valence-corrected chi connectivity index (χ0v) is 15.5.